The van der Waals surface area contributed by atoms with Gasteiger partial charge in [-0.15, -0.1) is 0 Å². The molecule has 0 spiro atoms. The highest BCUT2D eigenvalue weighted by molar-refractivity contribution is 6.01. The molecule has 18 heavy (non-hydrogen) atoms. The molecule has 0 bridgehead atoms. The summed E-state index contributed by atoms with van der Waals surface area (Å²) in [6.07, 6.45) is 3.40. The van der Waals surface area contributed by atoms with Crippen molar-refractivity contribution >= 4 is 11.7 Å². The molecule has 104 valence electrons. The lowest BCUT2D eigenvalue weighted by Gasteiger charge is -2.28. The number of amides is 1. The molecule has 0 aliphatic carbocycles. The van der Waals surface area contributed by atoms with Gasteiger partial charge in [-0.2, -0.15) is 0 Å². The zero-order valence-electron chi connectivity index (χ0n) is 11.2. The average Bonchev–Trinajstić information content (AvgIpc) is 2.39. The van der Waals surface area contributed by atoms with Crippen molar-refractivity contribution in [3.05, 3.63) is 0 Å². The summed E-state index contributed by atoms with van der Waals surface area (Å²) >= 11 is 0. The van der Waals surface area contributed by atoms with Crippen molar-refractivity contribution < 1.29 is 10.0 Å². The van der Waals surface area contributed by atoms with Gasteiger partial charge in [-0.1, -0.05) is 5.16 Å². The molecule has 0 aromatic carbocycles. The molecule has 1 unspecified atom stereocenters. The first kappa shape index (κ1) is 14.8. The molecule has 6 heteroatoms. The molecule has 0 saturated carbocycles. The van der Waals surface area contributed by atoms with Gasteiger partial charge in [-0.05, 0) is 52.2 Å². The van der Waals surface area contributed by atoms with Crippen molar-refractivity contribution in [1.29, 1.82) is 0 Å². The third-order valence-corrected chi connectivity index (χ3v) is 3.64. The Hall–Kier alpha value is -1.30. The highest BCUT2D eigenvalue weighted by Crippen LogP contribution is 2.18. The van der Waals surface area contributed by atoms with Gasteiger partial charge in [0.15, 0.2) is 5.84 Å². The Morgan fingerprint density at radius 2 is 2.17 bits per heavy atom. The van der Waals surface area contributed by atoms with Crippen LogP contribution in [0.1, 0.15) is 26.2 Å². The number of amidine groups is 1. The number of nitrogens with two attached hydrogens (primary N) is 1. The van der Waals surface area contributed by atoms with Crippen molar-refractivity contribution in [3.8, 4) is 0 Å². The molecular formula is C12H24N4O2. The Bertz CT molecular complexity index is 298. The smallest absolute Gasteiger partial charge is 0.230 e. The highest BCUT2D eigenvalue weighted by Gasteiger charge is 2.19. The summed E-state index contributed by atoms with van der Waals surface area (Å²) in [6.45, 7) is 4.56. The van der Waals surface area contributed by atoms with E-state index in [-0.39, 0.29) is 11.7 Å². The van der Waals surface area contributed by atoms with Gasteiger partial charge in [0.1, 0.15) is 0 Å². The van der Waals surface area contributed by atoms with Gasteiger partial charge in [-0.3, -0.25) is 4.79 Å². The van der Waals surface area contributed by atoms with Crippen LogP contribution in [-0.2, 0) is 4.79 Å². The van der Waals surface area contributed by atoms with Gasteiger partial charge < -0.3 is 21.2 Å². The monoisotopic (exact) mass is 256 g/mol. The second kappa shape index (κ2) is 7.20. The number of likely N-dealkylation sites (tertiary alicyclic amines) is 1. The van der Waals surface area contributed by atoms with E-state index in [9.17, 15) is 4.79 Å². The average molecular weight is 256 g/mol. The van der Waals surface area contributed by atoms with Crippen LogP contribution in [0.3, 0.4) is 0 Å². The number of rotatable bonds is 5. The summed E-state index contributed by atoms with van der Waals surface area (Å²) in [6, 6.07) is 0. The zero-order valence-corrected chi connectivity index (χ0v) is 11.2. The maximum atomic E-state index is 11.6. The lowest BCUT2D eigenvalue weighted by Crippen LogP contribution is -2.38. The molecule has 0 aromatic heterocycles. The third-order valence-electron chi connectivity index (χ3n) is 3.64. The molecule has 1 aliphatic rings. The lowest BCUT2D eigenvalue weighted by molar-refractivity contribution is -0.122. The molecule has 0 radical (unpaired) electrons. The summed E-state index contributed by atoms with van der Waals surface area (Å²) in [5, 5.41) is 14.2. The topological polar surface area (TPSA) is 91.0 Å². The van der Waals surface area contributed by atoms with E-state index in [0.29, 0.717) is 12.5 Å². The van der Waals surface area contributed by atoms with Gasteiger partial charge in [0.25, 0.3) is 0 Å². The van der Waals surface area contributed by atoms with Crippen LogP contribution < -0.4 is 11.1 Å². The fraction of sp³-hybridized carbons (Fsp3) is 0.833. The summed E-state index contributed by atoms with van der Waals surface area (Å²) in [7, 11) is 2.14. The van der Waals surface area contributed by atoms with E-state index in [2.05, 4.69) is 22.4 Å². The first-order chi connectivity index (χ1) is 8.54. The minimum Gasteiger partial charge on any atom is -0.409 e. The summed E-state index contributed by atoms with van der Waals surface area (Å²) in [4.78, 5) is 14.0. The number of hydrogen-bond acceptors (Lipinski definition) is 4. The predicted molar refractivity (Wildman–Crippen MR) is 70.4 cm³/mol. The molecule has 6 nitrogen and oxygen atoms in total. The molecular weight excluding hydrogens is 232 g/mol. The normalized spacial score (nSPS) is 20.7. The Labute approximate surface area is 108 Å². The van der Waals surface area contributed by atoms with Crippen molar-refractivity contribution in [3.63, 3.8) is 0 Å². The van der Waals surface area contributed by atoms with E-state index >= 15 is 0 Å². The molecule has 1 saturated heterocycles. The molecule has 1 heterocycles. The van der Waals surface area contributed by atoms with Gasteiger partial charge in [0, 0.05) is 6.54 Å². The molecule has 1 rings (SSSR count). The van der Waals surface area contributed by atoms with Gasteiger partial charge >= 0.3 is 0 Å². The first-order valence-electron chi connectivity index (χ1n) is 6.48. The van der Waals surface area contributed by atoms with Crippen LogP contribution in [0.15, 0.2) is 5.16 Å². The van der Waals surface area contributed by atoms with E-state index in [1.54, 1.807) is 6.92 Å². The molecule has 1 amide bonds. The van der Waals surface area contributed by atoms with Gasteiger partial charge in [0.05, 0.1) is 5.92 Å². The Balaban J connectivity index is 2.19. The standard InChI is InChI=1S/C12H24N4O2/c1-9(11(13)15-18)12(17)14-6-3-10-4-7-16(2)8-5-10/h9-10,18H,3-8H2,1-2H3,(H2,13,15)(H,14,17). The number of nitrogens with zero attached hydrogens (tertiary/aromatic N) is 2. The van der Waals surface area contributed by atoms with Crippen LogP contribution in [-0.4, -0.2) is 48.5 Å². The van der Waals surface area contributed by atoms with Crippen LogP contribution in [0, 0.1) is 11.8 Å². The van der Waals surface area contributed by atoms with Crippen LogP contribution >= 0.6 is 0 Å². The summed E-state index contributed by atoms with van der Waals surface area (Å²) in [5.41, 5.74) is 5.38. The number of nitrogens with one attached hydrogen (secondary N) is 1. The Morgan fingerprint density at radius 1 is 1.56 bits per heavy atom. The van der Waals surface area contributed by atoms with Crippen molar-refractivity contribution in [2.24, 2.45) is 22.7 Å². The largest absolute Gasteiger partial charge is 0.409 e. The van der Waals surface area contributed by atoms with Gasteiger partial charge in [0.2, 0.25) is 5.91 Å². The minimum absolute atomic E-state index is 0.0493. The minimum atomic E-state index is -0.576. The zero-order chi connectivity index (χ0) is 13.5. The van der Waals surface area contributed by atoms with Crippen molar-refractivity contribution in [2.75, 3.05) is 26.7 Å². The number of piperidine rings is 1. The van der Waals surface area contributed by atoms with E-state index < -0.39 is 5.92 Å². The maximum Gasteiger partial charge on any atom is 0.230 e. The van der Waals surface area contributed by atoms with Crippen molar-refractivity contribution in [2.45, 2.75) is 26.2 Å². The van der Waals surface area contributed by atoms with E-state index in [0.717, 1.165) is 19.5 Å². The molecule has 1 fully saturated rings. The van der Waals surface area contributed by atoms with E-state index in [1.165, 1.54) is 12.8 Å². The second-order valence-electron chi connectivity index (χ2n) is 5.07. The van der Waals surface area contributed by atoms with Crippen LogP contribution in [0.4, 0.5) is 0 Å². The predicted octanol–water partition coefficient (Wildman–Crippen LogP) is 0.217. The number of carbonyl (C=O) groups excluding carboxylic acids is 1. The Morgan fingerprint density at radius 3 is 2.72 bits per heavy atom. The molecule has 0 aromatic rings. The van der Waals surface area contributed by atoms with Gasteiger partial charge in [-0.25, -0.2) is 0 Å². The SMILES string of the molecule is CC(C(=O)NCCC1CCN(C)CC1)C(N)=NO. The molecule has 1 atom stereocenters. The van der Waals surface area contributed by atoms with Crippen LogP contribution in [0.5, 0.6) is 0 Å². The van der Waals surface area contributed by atoms with Crippen LogP contribution in [0.2, 0.25) is 0 Å². The Kier molecular flexibility index (Phi) is 5.91. The number of carbonyl (C=O) groups is 1. The fourth-order valence-electron chi connectivity index (χ4n) is 2.12. The first-order valence-corrected chi connectivity index (χ1v) is 6.48. The lowest BCUT2D eigenvalue weighted by atomic mass is 9.94. The highest BCUT2D eigenvalue weighted by atomic mass is 16.4. The van der Waals surface area contributed by atoms with Crippen LogP contribution in [0.25, 0.3) is 0 Å². The number of oxime groups is 1. The second-order valence-corrected chi connectivity index (χ2v) is 5.07. The van der Waals surface area contributed by atoms with E-state index in [1.807, 2.05) is 0 Å². The van der Waals surface area contributed by atoms with Crippen molar-refractivity contribution in [1.82, 2.24) is 10.2 Å². The molecule has 1 aliphatic heterocycles. The van der Waals surface area contributed by atoms with E-state index in [4.69, 9.17) is 10.9 Å². The quantitative estimate of drug-likeness (QED) is 0.284. The number of hydrogen-bond donors (Lipinski definition) is 3. The maximum absolute atomic E-state index is 11.6. The summed E-state index contributed by atoms with van der Waals surface area (Å²) in [5.74, 6) is -0.113. The fourth-order valence-corrected chi connectivity index (χ4v) is 2.12. The third kappa shape index (κ3) is 4.52. The molecule has 4 N–H and O–H groups in total. The summed E-state index contributed by atoms with van der Waals surface area (Å²) < 4.78 is 0.